The summed E-state index contributed by atoms with van der Waals surface area (Å²) in [6, 6.07) is 9.98. The van der Waals surface area contributed by atoms with Crippen LogP contribution in [0.2, 0.25) is 0 Å². The fraction of sp³-hybridized carbons (Fsp3) is 0.533. The maximum absolute atomic E-state index is 10.9. The van der Waals surface area contributed by atoms with Crippen LogP contribution in [0.3, 0.4) is 0 Å². The topological polar surface area (TPSA) is 55.8 Å². The number of rotatable bonds is 7. The van der Waals surface area contributed by atoms with Gasteiger partial charge in [0.2, 0.25) is 0 Å². The molecular formula is C15H20O4. The van der Waals surface area contributed by atoms with Gasteiger partial charge in [-0.15, -0.1) is 0 Å². The highest BCUT2D eigenvalue weighted by Crippen LogP contribution is 2.19. The van der Waals surface area contributed by atoms with E-state index in [4.69, 9.17) is 9.47 Å². The van der Waals surface area contributed by atoms with Gasteiger partial charge in [-0.05, 0) is 24.8 Å². The second kappa shape index (κ2) is 7.26. The van der Waals surface area contributed by atoms with Crippen molar-refractivity contribution >= 4 is 5.97 Å². The van der Waals surface area contributed by atoms with Crippen molar-refractivity contribution < 1.29 is 19.4 Å². The van der Waals surface area contributed by atoms with Crippen LogP contribution in [0.15, 0.2) is 30.3 Å². The number of carbonyl (C=O) groups is 1. The molecule has 0 amide bonds. The summed E-state index contributed by atoms with van der Waals surface area (Å²) in [5.41, 5.74) is 1.15. The Hall–Kier alpha value is -1.39. The summed E-state index contributed by atoms with van der Waals surface area (Å²) in [6.45, 7) is 1.20. The zero-order valence-corrected chi connectivity index (χ0v) is 11.0. The first kappa shape index (κ1) is 14.0. The smallest absolute Gasteiger partial charge is 0.306 e. The van der Waals surface area contributed by atoms with E-state index in [-0.39, 0.29) is 12.1 Å². The van der Waals surface area contributed by atoms with Crippen LogP contribution in [0.1, 0.15) is 31.2 Å². The molecule has 1 saturated heterocycles. The third kappa shape index (κ3) is 4.65. The molecule has 4 nitrogen and oxygen atoms in total. The SMILES string of the molecule is O=C1CC[C@@H]([C@@H](O)CCCOCc2ccccc2)O1. The molecule has 104 valence electrons. The average Bonchev–Trinajstić information content (AvgIpc) is 2.86. The highest BCUT2D eigenvalue weighted by molar-refractivity contribution is 5.71. The molecule has 1 aliphatic heterocycles. The zero-order chi connectivity index (χ0) is 13.5. The molecule has 1 heterocycles. The van der Waals surface area contributed by atoms with E-state index < -0.39 is 6.10 Å². The van der Waals surface area contributed by atoms with Gasteiger partial charge < -0.3 is 14.6 Å². The van der Waals surface area contributed by atoms with E-state index in [2.05, 4.69) is 0 Å². The number of hydrogen-bond donors (Lipinski definition) is 1. The van der Waals surface area contributed by atoms with Gasteiger partial charge in [-0.3, -0.25) is 4.79 Å². The molecule has 2 atom stereocenters. The van der Waals surface area contributed by atoms with E-state index in [1.54, 1.807) is 0 Å². The molecule has 0 aliphatic carbocycles. The summed E-state index contributed by atoms with van der Waals surface area (Å²) in [7, 11) is 0. The normalized spacial score (nSPS) is 20.3. The van der Waals surface area contributed by atoms with Crippen LogP contribution in [0.25, 0.3) is 0 Å². The van der Waals surface area contributed by atoms with Gasteiger partial charge in [0.05, 0.1) is 12.7 Å². The number of esters is 1. The van der Waals surface area contributed by atoms with Gasteiger partial charge in [0.25, 0.3) is 0 Å². The van der Waals surface area contributed by atoms with Crippen molar-refractivity contribution in [2.24, 2.45) is 0 Å². The molecule has 0 aromatic heterocycles. The molecular weight excluding hydrogens is 244 g/mol. The quantitative estimate of drug-likeness (QED) is 0.605. The van der Waals surface area contributed by atoms with Crippen LogP contribution in [-0.2, 0) is 20.9 Å². The molecule has 1 aromatic carbocycles. The predicted molar refractivity (Wildman–Crippen MR) is 70.5 cm³/mol. The van der Waals surface area contributed by atoms with Gasteiger partial charge in [-0.1, -0.05) is 30.3 Å². The first-order chi connectivity index (χ1) is 9.25. The lowest BCUT2D eigenvalue weighted by molar-refractivity contribution is -0.145. The Labute approximate surface area is 113 Å². The Kier molecular flexibility index (Phi) is 5.36. The number of aliphatic hydroxyl groups is 1. The molecule has 0 saturated carbocycles. The lowest BCUT2D eigenvalue weighted by Gasteiger charge is -2.16. The van der Waals surface area contributed by atoms with E-state index in [0.29, 0.717) is 32.5 Å². The van der Waals surface area contributed by atoms with Gasteiger partial charge in [-0.2, -0.15) is 0 Å². The second-order valence-electron chi connectivity index (χ2n) is 4.81. The summed E-state index contributed by atoms with van der Waals surface area (Å²) in [5.74, 6) is -0.204. The number of ether oxygens (including phenoxy) is 2. The largest absolute Gasteiger partial charge is 0.460 e. The Morgan fingerprint density at radius 3 is 2.84 bits per heavy atom. The van der Waals surface area contributed by atoms with Gasteiger partial charge in [0, 0.05) is 13.0 Å². The minimum Gasteiger partial charge on any atom is -0.460 e. The summed E-state index contributed by atoms with van der Waals surface area (Å²) < 4.78 is 10.6. The van der Waals surface area contributed by atoms with Crippen molar-refractivity contribution in [3.63, 3.8) is 0 Å². The highest BCUT2D eigenvalue weighted by atomic mass is 16.6. The minimum atomic E-state index is -0.563. The van der Waals surface area contributed by atoms with E-state index in [9.17, 15) is 9.90 Å². The van der Waals surface area contributed by atoms with Crippen molar-refractivity contribution in [2.75, 3.05) is 6.61 Å². The van der Waals surface area contributed by atoms with Gasteiger partial charge >= 0.3 is 5.97 Å². The van der Waals surface area contributed by atoms with Crippen LogP contribution in [-0.4, -0.2) is 29.9 Å². The van der Waals surface area contributed by atoms with Crippen LogP contribution in [0, 0.1) is 0 Å². The lowest BCUT2D eigenvalue weighted by atomic mass is 10.1. The maximum atomic E-state index is 10.9. The number of carbonyl (C=O) groups excluding carboxylic acids is 1. The lowest BCUT2D eigenvalue weighted by Crippen LogP contribution is -2.25. The van der Waals surface area contributed by atoms with E-state index in [1.165, 1.54) is 0 Å². The van der Waals surface area contributed by atoms with E-state index >= 15 is 0 Å². The van der Waals surface area contributed by atoms with Crippen molar-refractivity contribution in [1.82, 2.24) is 0 Å². The van der Waals surface area contributed by atoms with Crippen LogP contribution < -0.4 is 0 Å². The maximum Gasteiger partial charge on any atom is 0.306 e. The van der Waals surface area contributed by atoms with Crippen LogP contribution in [0.4, 0.5) is 0 Å². The van der Waals surface area contributed by atoms with Gasteiger partial charge in [-0.25, -0.2) is 0 Å². The van der Waals surface area contributed by atoms with Crippen molar-refractivity contribution in [3.8, 4) is 0 Å². The van der Waals surface area contributed by atoms with Crippen LogP contribution in [0.5, 0.6) is 0 Å². The van der Waals surface area contributed by atoms with Gasteiger partial charge in [0.1, 0.15) is 6.10 Å². The summed E-state index contributed by atoms with van der Waals surface area (Å²) in [5, 5.41) is 9.85. The standard InChI is InChI=1S/C15H20O4/c16-13(14-8-9-15(17)19-14)7-4-10-18-11-12-5-2-1-3-6-12/h1-3,5-6,13-14,16H,4,7-11H2/t13-,14-/m0/s1. The van der Waals surface area contributed by atoms with Crippen molar-refractivity contribution in [1.29, 1.82) is 0 Å². The number of aliphatic hydroxyl groups excluding tert-OH is 1. The number of benzene rings is 1. The third-order valence-electron chi connectivity index (χ3n) is 3.25. The Morgan fingerprint density at radius 2 is 2.16 bits per heavy atom. The first-order valence-corrected chi connectivity index (χ1v) is 6.75. The molecule has 19 heavy (non-hydrogen) atoms. The first-order valence-electron chi connectivity index (χ1n) is 6.75. The molecule has 1 fully saturated rings. The number of cyclic esters (lactones) is 1. The molecule has 0 bridgehead atoms. The Balaban J connectivity index is 1.55. The van der Waals surface area contributed by atoms with E-state index in [1.807, 2.05) is 30.3 Å². The average molecular weight is 264 g/mol. The molecule has 4 heteroatoms. The fourth-order valence-electron chi connectivity index (χ4n) is 2.16. The zero-order valence-electron chi connectivity index (χ0n) is 11.0. The molecule has 1 N–H and O–H groups in total. The Bertz CT molecular complexity index is 390. The van der Waals surface area contributed by atoms with Crippen molar-refractivity contribution in [3.05, 3.63) is 35.9 Å². The third-order valence-corrected chi connectivity index (χ3v) is 3.25. The molecule has 0 unspecified atom stereocenters. The summed E-state index contributed by atoms with van der Waals surface area (Å²) >= 11 is 0. The molecule has 0 spiro atoms. The molecule has 1 aromatic rings. The molecule has 0 radical (unpaired) electrons. The minimum absolute atomic E-state index is 0.204. The summed E-state index contributed by atoms with van der Waals surface area (Å²) in [6.07, 6.45) is 1.54. The Morgan fingerprint density at radius 1 is 1.37 bits per heavy atom. The molecule has 1 aliphatic rings. The van der Waals surface area contributed by atoms with Gasteiger partial charge in [0.15, 0.2) is 0 Å². The highest BCUT2D eigenvalue weighted by Gasteiger charge is 2.29. The monoisotopic (exact) mass is 264 g/mol. The number of hydrogen-bond acceptors (Lipinski definition) is 4. The van der Waals surface area contributed by atoms with Crippen molar-refractivity contribution in [2.45, 2.75) is 44.5 Å². The van der Waals surface area contributed by atoms with E-state index in [0.717, 1.165) is 12.0 Å². The fourth-order valence-corrected chi connectivity index (χ4v) is 2.16. The molecule has 2 rings (SSSR count). The predicted octanol–water partition coefficient (Wildman–Crippen LogP) is 2.05. The summed E-state index contributed by atoms with van der Waals surface area (Å²) in [4.78, 5) is 10.9. The van der Waals surface area contributed by atoms with Crippen LogP contribution >= 0.6 is 0 Å². The second-order valence-corrected chi connectivity index (χ2v) is 4.81.